The number of fused-ring (bicyclic) bond motifs is 1. The Labute approximate surface area is 109 Å². The molecule has 1 aliphatic rings. The summed E-state index contributed by atoms with van der Waals surface area (Å²) < 4.78 is 0. The monoisotopic (exact) mass is 255 g/mol. The molecule has 2 aromatic heterocycles. The van der Waals surface area contributed by atoms with Crippen LogP contribution in [0.25, 0.3) is 10.9 Å². The average Bonchev–Trinajstić information content (AvgIpc) is 2.88. The third-order valence-electron chi connectivity index (χ3n) is 3.52. The summed E-state index contributed by atoms with van der Waals surface area (Å²) in [6, 6.07) is 4.32. The van der Waals surface area contributed by atoms with E-state index in [4.69, 9.17) is 5.26 Å². The van der Waals surface area contributed by atoms with Crippen molar-refractivity contribution in [1.82, 2.24) is 15.0 Å². The van der Waals surface area contributed by atoms with Gasteiger partial charge in [0, 0.05) is 23.5 Å². The van der Waals surface area contributed by atoms with Crippen LogP contribution in [0, 0.1) is 17.2 Å². The van der Waals surface area contributed by atoms with Gasteiger partial charge in [-0.05, 0) is 25.3 Å². The molecule has 1 aliphatic carbocycles. The molecule has 0 bridgehead atoms. The molecule has 6 nitrogen and oxygen atoms in total. The molecule has 1 fully saturated rings. The molecule has 0 aromatic carbocycles. The summed E-state index contributed by atoms with van der Waals surface area (Å²) in [5, 5.41) is 12.9. The van der Waals surface area contributed by atoms with Crippen LogP contribution in [-0.2, 0) is 0 Å². The standard InChI is InChI=1S/C13H13N5O/c14-6-8-1-2-9(5-8)18-12-10-3-4-15-13(19)11(10)16-7-17-12/h3-4,7-9H,1-2,5H2,(H,15,19)(H,16,17,18)/t8-,9+/m1/s1. The maximum Gasteiger partial charge on any atom is 0.274 e. The van der Waals surface area contributed by atoms with Crippen molar-refractivity contribution in [3.63, 3.8) is 0 Å². The van der Waals surface area contributed by atoms with Gasteiger partial charge in [-0.2, -0.15) is 5.26 Å². The van der Waals surface area contributed by atoms with Crippen LogP contribution in [0.15, 0.2) is 23.4 Å². The van der Waals surface area contributed by atoms with E-state index in [1.54, 1.807) is 12.3 Å². The molecular formula is C13H13N5O. The Morgan fingerprint density at radius 1 is 1.42 bits per heavy atom. The minimum absolute atomic E-state index is 0.119. The highest BCUT2D eigenvalue weighted by Gasteiger charge is 2.25. The van der Waals surface area contributed by atoms with Crippen molar-refractivity contribution in [2.45, 2.75) is 25.3 Å². The average molecular weight is 255 g/mol. The first-order valence-corrected chi connectivity index (χ1v) is 6.26. The number of hydrogen-bond acceptors (Lipinski definition) is 5. The molecule has 2 aromatic rings. The number of nitriles is 1. The Morgan fingerprint density at radius 3 is 3.11 bits per heavy atom. The van der Waals surface area contributed by atoms with E-state index in [0.717, 1.165) is 19.3 Å². The van der Waals surface area contributed by atoms with Gasteiger partial charge >= 0.3 is 0 Å². The largest absolute Gasteiger partial charge is 0.367 e. The van der Waals surface area contributed by atoms with Gasteiger partial charge in [0.1, 0.15) is 17.7 Å². The number of hydrogen-bond donors (Lipinski definition) is 2. The van der Waals surface area contributed by atoms with Crippen LogP contribution in [0.2, 0.25) is 0 Å². The number of H-pyrrole nitrogens is 1. The lowest BCUT2D eigenvalue weighted by Gasteiger charge is -2.13. The number of pyridine rings is 1. The molecule has 2 atom stereocenters. The van der Waals surface area contributed by atoms with Crippen molar-refractivity contribution in [3.05, 3.63) is 28.9 Å². The first-order valence-electron chi connectivity index (χ1n) is 6.26. The molecule has 1 saturated carbocycles. The third kappa shape index (κ3) is 2.15. The first-order chi connectivity index (χ1) is 9.28. The molecule has 2 heterocycles. The fourth-order valence-electron chi connectivity index (χ4n) is 2.54. The van der Waals surface area contributed by atoms with Gasteiger partial charge in [0.25, 0.3) is 5.56 Å². The molecular weight excluding hydrogens is 242 g/mol. The van der Waals surface area contributed by atoms with E-state index in [1.165, 1.54) is 6.33 Å². The maximum atomic E-state index is 11.6. The second kappa shape index (κ2) is 4.69. The minimum atomic E-state index is -0.218. The van der Waals surface area contributed by atoms with Crippen LogP contribution >= 0.6 is 0 Å². The Bertz CT molecular complexity index is 702. The highest BCUT2D eigenvalue weighted by Crippen LogP contribution is 2.28. The summed E-state index contributed by atoms with van der Waals surface area (Å²) in [6.45, 7) is 0. The van der Waals surface area contributed by atoms with Crippen molar-refractivity contribution in [1.29, 1.82) is 5.26 Å². The lowest BCUT2D eigenvalue weighted by atomic mass is 10.1. The highest BCUT2D eigenvalue weighted by atomic mass is 16.1. The lowest BCUT2D eigenvalue weighted by Crippen LogP contribution is -2.18. The molecule has 0 unspecified atom stereocenters. The normalized spacial score (nSPS) is 22.3. The van der Waals surface area contributed by atoms with E-state index in [0.29, 0.717) is 16.7 Å². The number of rotatable bonds is 2. The van der Waals surface area contributed by atoms with Gasteiger partial charge in [-0.1, -0.05) is 0 Å². The van der Waals surface area contributed by atoms with E-state index < -0.39 is 0 Å². The molecule has 0 spiro atoms. The third-order valence-corrected chi connectivity index (χ3v) is 3.52. The van der Waals surface area contributed by atoms with Crippen LogP contribution in [0.5, 0.6) is 0 Å². The molecule has 2 N–H and O–H groups in total. The van der Waals surface area contributed by atoms with E-state index in [9.17, 15) is 4.79 Å². The first kappa shape index (κ1) is 11.7. The fraction of sp³-hybridized carbons (Fsp3) is 0.385. The SMILES string of the molecule is N#C[C@@H]1CC[C@H](Nc2ncnc3c(=O)[nH]ccc23)C1. The quantitative estimate of drug-likeness (QED) is 0.846. The van der Waals surface area contributed by atoms with Crippen molar-refractivity contribution in [2.75, 3.05) is 5.32 Å². The van der Waals surface area contributed by atoms with Gasteiger partial charge in [-0.3, -0.25) is 4.79 Å². The molecule has 0 aliphatic heterocycles. The predicted octanol–water partition coefficient (Wildman–Crippen LogP) is 1.42. The number of nitrogens with zero attached hydrogens (tertiary/aromatic N) is 3. The molecule has 96 valence electrons. The summed E-state index contributed by atoms with van der Waals surface area (Å²) in [4.78, 5) is 22.4. The van der Waals surface area contributed by atoms with Crippen molar-refractivity contribution >= 4 is 16.7 Å². The molecule has 3 rings (SSSR count). The fourth-order valence-corrected chi connectivity index (χ4v) is 2.54. The predicted molar refractivity (Wildman–Crippen MR) is 70.5 cm³/mol. The number of anilines is 1. The number of nitrogens with one attached hydrogen (secondary N) is 2. The van der Waals surface area contributed by atoms with Crippen LogP contribution in [-0.4, -0.2) is 21.0 Å². The Hall–Kier alpha value is -2.42. The van der Waals surface area contributed by atoms with E-state index in [-0.39, 0.29) is 17.5 Å². The van der Waals surface area contributed by atoms with Crippen LogP contribution < -0.4 is 10.9 Å². The summed E-state index contributed by atoms with van der Waals surface area (Å²) in [7, 11) is 0. The van der Waals surface area contributed by atoms with Crippen molar-refractivity contribution < 1.29 is 0 Å². The zero-order valence-electron chi connectivity index (χ0n) is 10.3. The van der Waals surface area contributed by atoms with Crippen molar-refractivity contribution in [3.8, 4) is 6.07 Å². The highest BCUT2D eigenvalue weighted by molar-refractivity contribution is 5.87. The van der Waals surface area contributed by atoms with Gasteiger partial charge < -0.3 is 10.3 Å². The molecule has 6 heteroatoms. The molecule has 0 amide bonds. The topological polar surface area (TPSA) is 94.5 Å². The van der Waals surface area contributed by atoms with Gasteiger partial charge in [0.05, 0.1) is 6.07 Å². The minimum Gasteiger partial charge on any atom is -0.367 e. The molecule has 0 radical (unpaired) electrons. The van der Waals surface area contributed by atoms with E-state index in [1.807, 2.05) is 0 Å². The Kier molecular flexibility index (Phi) is 2.88. The second-order valence-electron chi connectivity index (χ2n) is 4.77. The van der Waals surface area contributed by atoms with E-state index >= 15 is 0 Å². The van der Waals surface area contributed by atoms with Gasteiger partial charge in [-0.15, -0.1) is 0 Å². The maximum absolute atomic E-state index is 11.6. The summed E-state index contributed by atoms with van der Waals surface area (Å²) in [6.07, 6.45) is 5.67. The van der Waals surface area contributed by atoms with Gasteiger partial charge in [0.2, 0.25) is 0 Å². The van der Waals surface area contributed by atoms with Crippen LogP contribution in [0.3, 0.4) is 0 Å². The van der Waals surface area contributed by atoms with E-state index in [2.05, 4.69) is 26.3 Å². The van der Waals surface area contributed by atoms with Crippen molar-refractivity contribution in [2.24, 2.45) is 5.92 Å². The lowest BCUT2D eigenvalue weighted by molar-refractivity contribution is 0.683. The summed E-state index contributed by atoms with van der Waals surface area (Å²) >= 11 is 0. The Morgan fingerprint density at radius 2 is 2.32 bits per heavy atom. The summed E-state index contributed by atoms with van der Waals surface area (Å²) in [5.41, 5.74) is 0.166. The zero-order valence-corrected chi connectivity index (χ0v) is 10.3. The summed E-state index contributed by atoms with van der Waals surface area (Å²) in [5.74, 6) is 0.786. The smallest absolute Gasteiger partial charge is 0.274 e. The van der Waals surface area contributed by atoms with Crippen LogP contribution in [0.4, 0.5) is 5.82 Å². The Balaban J connectivity index is 1.92. The number of aromatic nitrogens is 3. The molecule has 19 heavy (non-hydrogen) atoms. The second-order valence-corrected chi connectivity index (χ2v) is 4.77. The number of aromatic amines is 1. The van der Waals surface area contributed by atoms with Crippen LogP contribution in [0.1, 0.15) is 19.3 Å². The van der Waals surface area contributed by atoms with Gasteiger partial charge in [0.15, 0.2) is 0 Å². The zero-order chi connectivity index (χ0) is 13.2. The van der Waals surface area contributed by atoms with Gasteiger partial charge in [-0.25, -0.2) is 9.97 Å². The molecule has 0 saturated heterocycles.